The average Bonchev–Trinajstić information content (AvgIpc) is 2.62. The van der Waals surface area contributed by atoms with Crippen LogP contribution in [0.3, 0.4) is 0 Å². The summed E-state index contributed by atoms with van der Waals surface area (Å²) in [6, 6.07) is 15.2. The third kappa shape index (κ3) is 4.26. The van der Waals surface area contributed by atoms with Crippen molar-refractivity contribution in [2.75, 3.05) is 7.11 Å². The molecule has 0 N–H and O–H groups in total. The summed E-state index contributed by atoms with van der Waals surface area (Å²) >= 11 is 0. The van der Waals surface area contributed by atoms with Gasteiger partial charge in [0.05, 0.1) is 12.7 Å². The Balaban J connectivity index is 2.11. The second-order valence-corrected chi connectivity index (χ2v) is 4.69. The summed E-state index contributed by atoms with van der Waals surface area (Å²) in [6.07, 6.45) is 0.354. The highest BCUT2D eigenvalue weighted by Gasteiger charge is 2.15. The molecule has 5 heteroatoms. The quantitative estimate of drug-likeness (QED) is 0.354. The Labute approximate surface area is 134 Å². The number of carbonyl (C=O) groups excluding carboxylic acids is 2. The first kappa shape index (κ1) is 16.4. The third-order valence-electron chi connectivity index (χ3n) is 3.20. The molecule has 2 rings (SSSR count). The van der Waals surface area contributed by atoms with Crippen LogP contribution in [0.25, 0.3) is 0 Å². The molecular weight excluding hydrogens is 294 g/mol. The first-order valence-corrected chi connectivity index (χ1v) is 7.17. The highest BCUT2D eigenvalue weighted by Crippen LogP contribution is 2.13. The Morgan fingerprint density at radius 2 is 1.61 bits per heavy atom. The molecule has 0 spiro atoms. The van der Waals surface area contributed by atoms with E-state index in [4.69, 9.17) is 9.57 Å². The molecule has 0 aliphatic heterocycles. The van der Waals surface area contributed by atoms with Gasteiger partial charge in [0.15, 0.2) is 0 Å². The Kier molecular flexibility index (Phi) is 5.63. The first-order chi connectivity index (χ1) is 11.2. The minimum absolute atomic E-state index is 0.180. The minimum Gasteiger partial charge on any atom is -0.497 e. The third-order valence-corrected chi connectivity index (χ3v) is 3.20. The van der Waals surface area contributed by atoms with Gasteiger partial charge in [0, 0.05) is 5.56 Å². The van der Waals surface area contributed by atoms with Gasteiger partial charge in [0.25, 0.3) is 0 Å². The van der Waals surface area contributed by atoms with Crippen LogP contribution in [-0.4, -0.2) is 24.6 Å². The van der Waals surface area contributed by atoms with Gasteiger partial charge in [0.2, 0.25) is 5.78 Å². The Hall–Kier alpha value is -2.95. The van der Waals surface area contributed by atoms with Gasteiger partial charge in [-0.2, -0.15) is 0 Å². The summed E-state index contributed by atoms with van der Waals surface area (Å²) in [5.41, 5.74) is 1.02. The van der Waals surface area contributed by atoms with Crippen LogP contribution in [0.15, 0.2) is 59.8 Å². The van der Waals surface area contributed by atoms with Gasteiger partial charge in [0.1, 0.15) is 11.5 Å². The fourth-order valence-electron chi connectivity index (χ4n) is 1.90. The molecule has 23 heavy (non-hydrogen) atoms. The topological polar surface area (TPSA) is 65.0 Å². The lowest BCUT2D eigenvalue weighted by Gasteiger charge is -2.04. The molecule has 0 radical (unpaired) electrons. The number of methoxy groups -OCH3 is 1. The molecule has 0 aliphatic carbocycles. The summed E-state index contributed by atoms with van der Waals surface area (Å²) < 4.78 is 5.05. The first-order valence-electron chi connectivity index (χ1n) is 7.17. The lowest BCUT2D eigenvalue weighted by Crippen LogP contribution is -2.15. The molecule has 5 nitrogen and oxygen atoms in total. The summed E-state index contributed by atoms with van der Waals surface area (Å²) in [5, 5.41) is 3.72. The molecule has 0 atom stereocenters. The molecule has 0 unspecified atom stereocenters. The summed E-state index contributed by atoms with van der Waals surface area (Å²) in [6.45, 7) is 1.77. The van der Waals surface area contributed by atoms with Gasteiger partial charge >= 0.3 is 5.97 Å². The van der Waals surface area contributed by atoms with Gasteiger partial charge in [-0.05, 0) is 42.8 Å². The zero-order valence-corrected chi connectivity index (χ0v) is 13.0. The number of nitrogens with zero attached hydrogens (tertiary/aromatic N) is 1. The lowest BCUT2D eigenvalue weighted by atomic mass is 10.1. The summed E-state index contributed by atoms with van der Waals surface area (Å²) in [5.74, 6) is -0.220. The van der Waals surface area contributed by atoms with Crippen LogP contribution in [-0.2, 0) is 4.84 Å². The predicted molar refractivity (Wildman–Crippen MR) is 86.9 cm³/mol. The Bertz CT molecular complexity index is 706. The van der Waals surface area contributed by atoms with E-state index in [0.29, 0.717) is 23.3 Å². The van der Waals surface area contributed by atoms with Gasteiger partial charge < -0.3 is 9.57 Å². The minimum atomic E-state index is -0.598. The fraction of sp³-hybridized carbons (Fsp3) is 0.167. The molecule has 0 aliphatic rings. The van der Waals surface area contributed by atoms with Gasteiger partial charge in [-0.25, -0.2) is 4.79 Å². The van der Waals surface area contributed by atoms with Crippen LogP contribution in [0.4, 0.5) is 0 Å². The van der Waals surface area contributed by atoms with Crippen molar-refractivity contribution in [3.8, 4) is 5.75 Å². The number of oxime groups is 1. The van der Waals surface area contributed by atoms with Gasteiger partial charge in [-0.1, -0.05) is 30.3 Å². The molecule has 0 bridgehead atoms. The second kappa shape index (κ2) is 7.89. The van der Waals surface area contributed by atoms with Crippen LogP contribution < -0.4 is 4.74 Å². The number of ether oxygens (including phenoxy) is 1. The molecule has 0 amide bonds. The molecule has 2 aromatic rings. The largest absolute Gasteiger partial charge is 0.497 e. The number of hydrogen-bond acceptors (Lipinski definition) is 5. The molecule has 0 saturated carbocycles. The van der Waals surface area contributed by atoms with E-state index in [-0.39, 0.29) is 11.5 Å². The van der Waals surface area contributed by atoms with Crippen LogP contribution >= 0.6 is 0 Å². The van der Waals surface area contributed by atoms with E-state index in [9.17, 15) is 9.59 Å². The van der Waals surface area contributed by atoms with Crippen LogP contribution in [0.5, 0.6) is 5.75 Å². The highest BCUT2D eigenvalue weighted by molar-refractivity contribution is 6.45. The number of benzene rings is 2. The van der Waals surface area contributed by atoms with Crippen molar-refractivity contribution in [3.63, 3.8) is 0 Å². The average molecular weight is 311 g/mol. The maximum absolute atomic E-state index is 12.4. The molecule has 0 fully saturated rings. The number of ketones is 1. The number of carbonyl (C=O) groups is 2. The number of Topliss-reactive ketones (excluding diaryl/α,β-unsaturated/α-hetero) is 1. The van der Waals surface area contributed by atoms with Crippen molar-refractivity contribution in [1.82, 2.24) is 0 Å². The normalized spacial score (nSPS) is 11.0. The Morgan fingerprint density at radius 1 is 0.957 bits per heavy atom. The van der Waals surface area contributed by atoms with Crippen molar-refractivity contribution in [1.29, 1.82) is 0 Å². The highest BCUT2D eigenvalue weighted by atomic mass is 16.7. The Morgan fingerprint density at radius 3 is 2.17 bits per heavy atom. The van der Waals surface area contributed by atoms with Crippen molar-refractivity contribution in [2.24, 2.45) is 5.16 Å². The smallest absolute Gasteiger partial charge is 0.365 e. The zero-order chi connectivity index (χ0) is 16.7. The number of rotatable bonds is 6. The summed E-state index contributed by atoms with van der Waals surface area (Å²) in [4.78, 5) is 29.1. The maximum Gasteiger partial charge on any atom is 0.365 e. The molecular formula is C18H17NO4. The lowest BCUT2D eigenvalue weighted by molar-refractivity contribution is 0.0515. The predicted octanol–water partition coefficient (Wildman–Crippen LogP) is 3.50. The molecule has 0 aromatic heterocycles. The molecule has 2 aromatic carbocycles. The van der Waals surface area contributed by atoms with Crippen LogP contribution in [0, 0.1) is 0 Å². The second-order valence-electron chi connectivity index (χ2n) is 4.69. The van der Waals surface area contributed by atoms with Gasteiger partial charge in [-0.15, -0.1) is 0 Å². The molecule has 0 heterocycles. The van der Waals surface area contributed by atoms with Crippen molar-refractivity contribution >= 4 is 17.5 Å². The van der Waals surface area contributed by atoms with E-state index < -0.39 is 5.97 Å². The molecule has 118 valence electrons. The SMILES string of the molecule is CCC(=NOC(=O)c1ccccc1)C(=O)c1ccc(OC)cc1. The zero-order valence-electron chi connectivity index (χ0n) is 13.0. The van der Waals surface area contributed by atoms with E-state index in [1.807, 2.05) is 0 Å². The van der Waals surface area contributed by atoms with E-state index in [2.05, 4.69) is 5.16 Å². The van der Waals surface area contributed by atoms with Crippen LogP contribution in [0.1, 0.15) is 34.1 Å². The number of hydrogen-bond donors (Lipinski definition) is 0. The van der Waals surface area contributed by atoms with E-state index >= 15 is 0 Å². The standard InChI is InChI=1S/C18H17NO4/c1-3-16(17(20)13-9-11-15(22-2)12-10-13)19-23-18(21)14-7-5-4-6-8-14/h4-12H,3H2,1-2H3. The van der Waals surface area contributed by atoms with Crippen molar-refractivity contribution in [3.05, 3.63) is 65.7 Å². The summed E-state index contributed by atoms with van der Waals surface area (Å²) in [7, 11) is 1.55. The van der Waals surface area contributed by atoms with E-state index in [0.717, 1.165) is 0 Å². The van der Waals surface area contributed by atoms with E-state index in [1.165, 1.54) is 0 Å². The fourth-order valence-corrected chi connectivity index (χ4v) is 1.90. The van der Waals surface area contributed by atoms with Crippen molar-refractivity contribution < 1.29 is 19.2 Å². The van der Waals surface area contributed by atoms with Crippen molar-refractivity contribution in [2.45, 2.75) is 13.3 Å². The van der Waals surface area contributed by atoms with Crippen LogP contribution in [0.2, 0.25) is 0 Å². The molecule has 0 saturated heterocycles. The van der Waals surface area contributed by atoms with Gasteiger partial charge in [-0.3, -0.25) is 4.79 Å². The van der Waals surface area contributed by atoms with E-state index in [1.54, 1.807) is 68.6 Å². The maximum atomic E-state index is 12.4. The monoisotopic (exact) mass is 311 g/mol.